The maximum atomic E-state index is 6.32. The molecule has 122 valence electrons. The molecule has 3 heteroatoms. The summed E-state index contributed by atoms with van der Waals surface area (Å²) in [6.45, 7) is 7.45. The Balaban J connectivity index is 1.60. The Morgan fingerprint density at radius 3 is 2.67 bits per heavy atom. The van der Waals surface area contributed by atoms with Gasteiger partial charge in [-0.2, -0.15) is 0 Å². The van der Waals surface area contributed by atoms with Crippen LogP contribution in [0.5, 0.6) is 0 Å². The summed E-state index contributed by atoms with van der Waals surface area (Å²) in [7, 11) is 1.78. The van der Waals surface area contributed by atoms with Crippen molar-refractivity contribution in [3.05, 3.63) is 0 Å². The van der Waals surface area contributed by atoms with Crippen molar-refractivity contribution in [1.29, 1.82) is 0 Å². The molecule has 1 aliphatic heterocycles. The van der Waals surface area contributed by atoms with E-state index in [1.54, 1.807) is 7.11 Å². The fourth-order valence-corrected chi connectivity index (χ4v) is 5.28. The van der Waals surface area contributed by atoms with Crippen molar-refractivity contribution in [2.45, 2.75) is 70.5 Å². The van der Waals surface area contributed by atoms with Crippen molar-refractivity contribution in [2.75, 3.05) is 26.8 Å². The first-order chi connectivity index (χ1) is 10.0. The third-order valence-corrected chi connectivity index (χ3v) is 6.25. The standard InChI is InChI=1S/C18H33NO2/c1-17(2)7-6-16(21-17)12-18(13-19-8-9-20-3)11-14-4-5-15(18)10-14/h14-16,19H,4-13H2,1-3H3. The number of hydrogen-bond donors (Lipinski definition) is 1. The first-order valence-electron chi connectivity index (χ1n) is 8.90. The maximum absolute atomic E-state index is 6.32. The molecule has 1 heterocycles. The summed E-state index contributed by atoms with van der Waals surface area (Å²) in [4.78, 5) is 0. The molecule has 2 saturated carbocycles. The lowest BCUT2D eigenvalue weighted by Crippen LogP contribution is -2.42. The molecular formula is C18H33NO2. The van der Waals surface area contributed by atoms with Gasteiger partial charge in [-0.25, -0.2) is 0 Å². The van der Waals surface area contributed by atoms with Crippen LogP contribution in [0.3, 0.4) is 0 Å². The molecule has 3 rings (SSSR count). The molecule has 3 aliphatic rings. The normalized spacial score (nSPS) is 41.0. The molecule has 0 aromatic carbocycles. The summed E-state index contributed by atoms with van der Waals surface area (Å²) in [5.74, 6) is 1.93. The number of rotatable bonds is 7. The molecule has 3 nitrogen and oxygen atoms in total. The molecule has 4 unspecified atom stereocenters. The highest BCUT2D eigenvalue weighted by Gasteiger charge is 2.52. The first kappa shape index (κ1) is 15.8. The van der Waals surface area contributed by atoms with Crippen molar-refractivity contribution >= 4 is 0 Å². The number of hydrogen-bond acceptors (Lipinski definition) is 3. The highest BCUT2D eigenvalue weighted by atomic mass is 16.5. The van der Waals surface area contributed by atoms with Crippen LogP contribution < -0.4 is 5.32 Å². The van der Waals surface area contributed by atoms with E-state index in [2.05, 4.69) is 19.2 Å². The van der Waals surface area contributed by atoms with Crippen LogP contribution in [0.1, 0.15) is 58.8 Å². The highest BCUT2D eigenvalue weighted by molar-refractivity contribution is 5.03. The molecule has 0 amide bonds. The van der Waals surface area contributed by atoms with Crippen LogP contribution in [0.4, 0.5) is 0 Å². The summed E-state index contributed by atoms with van der Waals surface area (Å²) in [6, 6.07) is 0. The fraction of sp³-hybridized carbons (Fsp3) is 1.00. The molecule has 3 fully saturated rings. The van der Waals surface area contributed by atoms with E-state index in [0.29, 0.717) is 11.5 Å². The van der Waals surface area contributed by atoms with Gasteiger partial charge in [0.05, 0.1) is 18.3 Å². The third kappa shape index (κ3) is 3.46. The van der Waals surface area contributed by atoms with Gasteiger partial charge in [-0.05, 0) is 69.6 Å². The van der Waals surface area contributed by atoms with Crippen LogP contribution in [-0.2, 0) is 9.47 Å². The Morgan fingerprint density at radius 1 is 1.24 bits per heavy atom. The molecule has 4 atom stereocenters. The van der Waals surface area contributed by atoms with Gasteiger partial charge in [0.1, 0.15) is 0 Å². The van der Waals surface area contributed by atoms with Gasteiger partial charge >= 0.3 is 0 Å². The lowest BCUT2D eigenvalue weighted by Gasteiger charge is -2.40. The number of ether oxygens (including phenoxy) is 2. The molecule has 0 radical (unpaired) electrons. The van der Waals surface area contributed by atoms with Crippen LogP contribution in [0.15, 0.2) is 0 Å². The van der Waals surface area contributed by atoms with Crippen LogP contribution in [0.25, 0.3) is 0 Å². The Hall–Kier alpha value is -0.120. The van der Waals surface area contributed by atoms with Crippen molar-refractivity contribution < 1.29 is 9.47 Å². The Morgan fingerprint density at radius 2 is 2.10 bits per heavy atom. The zero-order chi connectivity index (χ0) is 14.9. The summed E-state index contributed by atoms with van der Waals surface area (Å²) < 4.78 is 11.5. The molecule has 0 aromatic heterocycles. The Labute approximate surface area is 130 Å². The number of nitrogens with one attached hydrogen (secondary N) is 1. The molecule has 1 N–H and O–H groups in total. The first-order valence-corrected chi connectivity index (χ1v) is 8.90. The van der Waals surface area contributed by atoms with Gasteiger partial charge in [-0.1, -0.05) is 6.42 Å². The van der Waals surface area contributed by atoms with Gasteiger partial charge in [0, 0.05) is 20.2 Å². The Bertz CT molecular complexity index is 357. The van der Waals surface area contributed by atoms with Crippen molar-refractivity contribution in [2.24, 2.45) is 17.3 Å². The van der Waals surface area contributed by atoms with Gasteiger partial charge in [0.25, 0.3) is 0 Å². The Kier molecular flexibility index (Phi) is 4.63. The van der Waals surface area contributed by atoms with E-state index in [1.165, 1.54) is 44.9 Å². The lowest BCUT2D eigenvalue weighted by atomic mass is 9.69. The van der Waals surface area contributed by atoms with E-state index in [9.17, 15) is 0 Å². The largest absolute Gasteiger partial charge is 0.383 e. The molecular weight excluding hydrogens is 262 g/mol. The van der Waals surface area contributed by atoms with Crippen LogP contribution in [0.2, 0.25) is 0 Å². The monoisotopic (exact) mass is 295 g/mol. The van der Waals surface area contributed by atoms with E-state index in [1.807, 2.05) is 0 Å². The summed E-state index contributed by atoms with van der Waals surface area (Å²) in [5, 5.41) is 3.67. The summed E-state index contributed by atoms with van der Waals surface area (Å²) in [6.07, 6.45) is 10.1. The SMILES string of the molecule is COCCNCC1(CC2CCC(C)(C)O2)CC2CCC1C2. The smallest absolute Gasteiger partial charge is 0.0631 e. The molecule has 0 aromatic rings. The quantitative estimate of drug-likeness (QED) is 0.730. The topological polar surface area (TPSA) is 30.5 Å². The third-order valence-electron chi connectivity index (χ3n) is 6.25. The zero-order valence-corrected chi connectivity index (χ0v) is 14.1. The van der Waals surface area contributed by atoms with Crippen LogP contribution >= 0.6 is 0 Å². The predicted octanol–water partition coefficient (Wildman–Crippen LogP) is 3.38. The van der Waals surface area contributed by atoms with Gasteiger partial charge < -0.3 is 14.8 Å². The minimum atomic E-state index is 0.104. The summed E-state index contributed by atoms with van der Waals surface area (Å²) in [5.41, 5.74) is 0.606. The summed E-state index contributed by atoms with van der Waals surface area (Å²) >= 11 is 0. The second-order valence-electron chi connectivity index (χ2n) is 8.35. The van der Waals surface area contributed by atoms with E-state index in [4.69, 9.17) is 9.47 Å². The van der Waals surface area contributed by atoms with Gasteiger partial charge in [0.2, 0.25) is 0 Å². The van der Waals surface area contributed by atoms with E-state index in [0.717, 1.165) is 31.5 Å². The average Bonchev–Trinajstić information content (AvgIpc) is 3.10. The van der Waals surface area contributed by atoms with Crippen molar-refractivity contribution in [3.8, 4) is 0 Å². The number of fused-ring (bicyclic) bond motifs is 2. The highest BCUT2D eigenvalue weighted by Crippen LogP contribution is 2.58. The second kappa shape index (κ2) is 6.17. The lowest BCUT2D eigenvalue weighted by molar-refractivity contribution is -0.0443. The molecule has 2 bridgehead atoms. The molecule has 0 spiro atoms. The van der Waals surface area contributed by atoms with E-state index >= 15 is 0 Å². The molecule has 21 heavy (non-hydrogen) atoms. The average molecular weight is 295 g/mol. The van der Waals surface area contributed by atoms with Gasteiger partial charge in [-0.3, -0.25) is 0 Å². The van der Waals surface area contributed by atoms with E-state index < -0.39 is 0 Å². The van der Waals surface area contributed by atoms with Crippen LogP contribution in [0, 0.1) is 17.3 Å². The predicted molar refractivity (Wildman–Crippen MR) is 85.4 cm³/mol. The minimum absolute atomic E-state index is 0.104. The fourth-order valence-electron chi connectivity index (χ4n) is 5.28. The maximum Gasteiger partial charge on any atom is 0.0631 e. The van der Waals surface area contributed by atoms with Crippen molar-refractivity contribution in [3.63, 3.8) is 0 Å². The zero-order valence-electron chi connectivity index (χ0n) is 14.1. The van der Waals surface area contributed by atoms with Gasteiger partial charge in [-0.15, -0.1) is 0 Å². The van der Waals surface area contributed by atoms with Crippen molar-refractivity contribution in [1.82, 2.24) is 5.32 Å². The molecule has 1 saturated heterocycles. The second-order valence-corrected chi connectivity index (χ2v) is 8.35. The van der Waals surface area contributed by atoms with Crippen LogP contribution in [-0.4, -0.2) is 38.5 Å². The van der Waals surface area contributed by atoms with E-state index in [-0.39, 0.29) is 5.60 Å². The number of methoxy groups -OCH3 is 1. The molecule has 2 aliphatic carbocycles. The van der Waals surface area contributed by atoms with Gasteiger partial charge in [0.15, 0.2) is 0 Å². The minimum Gasteiger partial charge on any atom is -0.383 e.